The Kier molecular flexibility index (Phi) is 5.17. The molecular formula is C15H22O5. The van der Waals surface area contributed by atoms with Crippen LogP contribution in [0.3, 0.4) is 0 Å². The van der Waals surface area contributed by atoms with Gasteiger partial charge in [-0.15, -0.1) is 0 Å². The maximum atomic E-state index is 11.9. The Bertz CT molecular complexity index is 378. The Morgan fingerprint density at radius 3 is 2.30 bits per heavy atom. The van der Waals surface area contributed by atoms with Crippen LogP contribution in [-0.2, 0) is 23.8 Å². The van der Waals surface area contributed by atoms with E-state index in [9.17, 15) is 9.59 Å². The van der Waals surface area contributed by atoms with Gasteiger partial charge in [-0.25, -0.2) is 9.59 Å². The van der Waals surface area contributed by atoms with E-state index in [-0.39, 0.29) is 25.8 Å². The van der Waals surface area contributed by atoms with E-state index in [2.05, 4.69) is 11.3 Å². The molecule has 0 spiro atoms. The first-order chi connectivity index (χ1) is 9.65. The predicted octanol–water partition coefficient (Wildman–Crippen LogP) is 1.71. The molecule has 2 fully saturated rings. The van der Waals surface area contributed by atoms with E-state index in [1.54, 1.807) is 0 Å². The van der Waals surface area contributed by atoms with Crippen molar-refractivity contribution in [3.63, 3.8) is 0 Å². The molecule has 2 aliphatic rings. The van der Waals surface area contributed by atoms with Gasteiger partial charge in [-0.3, -0.25) is 0 Å². The second kappa shape index (κ2) is 6.88. The van der Waals surface area contributed by atoms with Gasteiger partial charge in [-0.2, -0.15) is 0 Å². The fourth-order valence-corrected chi connectivity index (χ4v) is 3.19. The van der Waals surface area contributed by atoms with Crippen molar-refractivity contribution in [2.24, 2.45) is 17.8 Å². The molecule has 0 aromatic rings. The summed E-state index contributed by atoms with van der Waals surface area (Å²) < 4.78 is 14.5. The summed E-state index contributed by atoms with van der Waals surface area (Å²) in [6.07, 6.45) is 4.93. The normalized spacial score (nSPS) is 27.4. The van der Waals surface area contributed by atoms with Crippen LogP contribution in [0.4, 0.5) is 0 Å². The van der Waals surface area contributed by atoms with Crippen molar-refractivity contribution >= 4 is 11.9 Å². The minimum Gasteiger partial charge on any atom is -0.460 e. The number of hydrogen-bond donors (Lipinski definition) is 0. The van der Waals surface area contributed by atoms with E-state index in [4.69, 9.17) is 9.47 Å². The van der Waals surface area contributed by atoms with Crippen molar-refractivity contribution in [2.75, 3.05) is 26.9 Å². The zero-order valence-electron chi connectivity index (χ0n) is 11.9. The summed E-state index contributed by atoms with van der Waals surface area (Å²) in [5, 5.41) is 0. The minimum atomic E-state index is -0.462. The van der Waals surface area contributed by atoms with Gasteiger partial charge in [-0.1, -0.05) is 19.4 Å². The Morgan fingerprint density at radius 1 is 1.10 bits per heavy atom. The molecule has 5 nitrogen and oxygen atoms in total. The van der Waals surface area contributed by atoms with Gasteiger partial charge in [0.05, 0.1) is 0 Å². The van der Waals surface area contributed by atoms with Gasteiger partial charge >= 0.3 is 11.9 Å². The van der Waals surface area contributed by atoms with Crippen LogP contribution in [0.15, 0.2) is 12.2 Å². The molecule has 0 aromatic carbocycles. The number of carbonyl (C=O) groups excluding carboxylic acids is 2. The first kappa shape index (κ1) is 15.0. The fourth-order valence-electron chi connectivity index (χ4n) is 3.19. The number of rotatable bonds is 7. The molecule has 112 valence electrons. The lowest BCUT2D eigenvalue weighted by Crippen LogP contribution is -2.18. The molecule has 2 aliphatic carbocycles. The summed E-state index contributed by atoms with van der Waals surface area (Å²) >= 11 is 0. The van der Waals surface area contributed by atoms with Gasteiger partial charge < -0.3 is 14.2 Å². The molecule has 2 rings (SSSR count). The van der Waals surface area contributed by atoms with Gasteiger partial charge in [0, 0.05) is 12.7 Å². The van der Waals surface area contributed by atoms with E-state index < -0.39 is 5.97 Å². The third-order valence-corrected chi connectivity index (χ3v) is 4.16. The van der Waals surface area contributed by atoms with Crippen LogP contribution in [0.1, 0.15) is 25.7 Å². The molecule has 0 heterocycles. The standard InChI is InChI=1S/C15H22O5/c1-10(14-11-5-3-4-6-12(11)14)15(17)20-8-7-19-13(16)9-18-2/h11-12,14H,1,3-9H2,2H3. The average molecular weight is 282 g/mol. The molecule has 0 amide bonds. The number of methoxy groups -OCH3 is 1. The van der Waals surface area contributed by atoms with Crippen molar-refractivity contribution in [1.29, 1.82) is 0 Å². The van der Waals surface area contributed by atoms with Gasteiger partial charge in [-0.05, 0) is 30.6 Å². The molecule has 5 heteroatoms. The number of ether oxygens (including phenoxy) is 3. The van der Waals surface area contributed by atoms with Crippen LogP contribution >= 0.6 is 0 Å². The highest BCUT2D eigenvalue weighted by molar-refractivity contribution is 5.89. The van der Waals surface area contributed by atoms with E-state index in [1.807, 2.05) is 0 Å². The molecular weight excluding hydrogens is 260 g/mol. The molecule has 0 radical (unpaired) electrons. The van der Waals surface area contributed by atoms with Crippen LogP contribution in [-0.4, -0.2) is 38.9 Å². The quantitative estimate of drug-likeness (QED) is 0.404. The van der Waals surface area contributed by atoms with Gasteiger partial charge in [0.2, 0.25) is 0 Å². The predicted molar refractivity (Wildman–Crippen MR) is 71.9 cm³/mol. The topological polar surface area (TPSA) is 61.8 Å². The highest BCUT2D eigenvalue weighted by atomic mass is 16.6. The molecule has 2 unspecified atom stereocenters. The average Bonchev–Trinajstić information content (AvgIpc) is 3.17. The molecule has 0 aliphatic heterocycles. The molecule has 0 saturated heterocycles. The summed E-state index contributed by atoms with van der Waals surface area (Å²) in [7, 11) is 1.42. The van der Waals surface area contributed by atoms with Crippen molar-refractivity contribution in [1.82, 2.24) is 0 Å². The number of carbonyl (C=O) groups is 2. The third-order valence-electron chi connectivity index (χ3n) is 4.16. The first-order valence-corrected chi connectivity index (χ1v) is 7.15. The second-order valence-electron chi connectivity index (χ2n) is 5.45. The Morgan fingerprint density at radius 2 is 1.70 bits per heavy atom. The maximum absolute atomic E-state index is 11.9. The van der Waals surface area contributed by atoms with Crippen molar-refractivity contribution < 1.29 is 23.8 Å². The van der Waals surface area contributed by atoms with E-state index in [0.717, 1.165) is 0 Å². The van der Waals surface area contributed by atoms with Gasteiger partial charge in [0.25, 0.3) is 0 Å². The Hall–Kier alpha value is -1.36. The maximum Gasteiger partial charge on any atom is 0.333 e. The van der Waals surface area contributed by atoms with Crippen LogP contribution in [0.2, 0.25) is 0 Å². The number of hydrogen-bond acceptors (Lipinski definition) is 5. The fraction of sp³-hybridized carbons (Fsp3) is 0.733. The summed E-state index contributed by atoms with van der Waals surface area (Å²) in [6, 6.07) is 0. The Balaban J connectivity index is 1.63. The van der Waals surface area contributed by atoms with Crippen molar-refractivity contribution in [3.05, 3.63) is 12.2 Å². The first-order valence-electron chi connectivity index (χ1n) is 7.15. The summed E-state index contributed by atoms with van der Waals surface area (Å²) in [5.41, 5.74) is 0.588. The van der Waals surface area contributed by atoms with Crippen LogP contribution < -0.4 is 0 Å². The number of esters is 2. The third kappa shape index (κ3) is 3.60. The SMILES string of the molecule is C=C(C(=O)OCCOC(=O)COC)C1C2CCCCC21. The van der Waals surface area contributed by atoms with E-state index in [1.165, 1.54) is 32.8 Å². The molecule has 2 saturated carbocycles. The lowest BCUT2D eigenvalue weighted by atomic mass is 10.0. The smallest absolute Gasteiger partial charge is 0.333 e. The Labute approximate surface area is 119 Å². The van der Waals surface area contributed by atoms with Crippen molar-refractivity contribution in [2.45, 2.75) is 25.7 Å². The van der Waals surface area contributed by atoms with E-state index >= 15 is 0 Å². The van der Waals surface area contributed by atoms with Crippen LogP contribution in [0, 0.1) is 17.8 Å². The molecule has 0 bridgehead atoms. The largest absolute Gasteiger partial charge is 0.460 e. The van der Waals surface area contributed by atoms with E-state index in [0.29, 0.717) is 23.3 Å². The zero-order chi connectivity index (χ0) is 14.5. The zero-order valence-corrected chi connectivity index (χ0v) is 11.9. The highest BCUT2D eigenvalue weighted by Gasteiger charge is 2.53. The van der Waals surface area contributed by atoms with Crippen LogP contribution in [0.25, 0.3) is 0 Å². The number of fused-ring (bicyclic) bond motifs is 1. The molecule has 0 N–H and O–H groups in total. The minimum absolute atomic E-state index is 0.0543. The molecule has 2 atom stereocenters. The summed E-state index contributed by atoms with van der Waals surface area (Å²) in [4.78, 5) is 22.9. The molecule has 0 aromatic heterocycles. The highest BCUT2D eigenvalue weighted by Crippen LogP contribution is 2.58. The van der Waals surface area contributed by atoms with Crippen molar-refractivity contribution in [3.8, 4) is 0 Å². The lowest BCUT2D eigenvalue weighted by Gasteiger charge is -2.07. The second-order valence-corrected chi connectivity index (χ2v) is 5.45. The van der Waals surface area contributed by atoms with Gasteiger partial charge in [0.1, 0.15) is 19.8 Å². The van der Waals surface area contributed by atoms with Crippen LogP contribution in [0.5, 0.6) is 0 Å². The monoisotopic (exact) mass is 282 g/mol. The summed E-state index contributed by atoms with van der Waals surface area (Å²) in [6.45, 7) is 3.91. The lowest BCUT2D eigenvalue weighted by molar-refractivity contribution is -0.153. The summed E-state index contributed by atoms with van der Waals surface area (Å²) in [5.74, 6) is 0.787. The van der Waals surface area contributed by atoms with Gasteiger partial charge in [0.15, 0.2) is 0 Å². The molecule has 20 heavy (non-hydrogen) atoms.